The summed E-state index contributed by atoms with van der Waals surface area (Å²) in [4.78, 5) is 22.6. The van der Waals surface area contributed by atoms with Crippen LogP contribution in [0.5, 0.6) is 0 Å². The first-order chi connectivity index (χ1) is 11.2. The van der Waals surface area contributed by atoms with Crippen molar-refractivity contribution in [2.24, 2.45) is 0 Å². The zero-order valence-electron chi connectivity index (χ0n) is 14.4. The molecule has 1 fully saturated rings. The molecule has 0 aliphatic carbocycles. The lowest BCUT2D eigenvalue weighted by Gasteiger charge is -2.21. The summed E-state index contributed by atoms with van der Waals surface area (Å²) in [6, 6.07) is 0. The Morgan fingerprint density at radius 2 is 1.83 bits per heavy atom. The Kier molecular flexibility index (Phi) is 11.3. The van der Waals surface area contributed by atoms with Crippen molar-refractivity contribution in [3.63, 3.8) is 0 Å². The molecule has 1 unspecified atom stereocenters. The van der Waals surface area contributed by atoms with Crippen molar-refractivity contribution < 1.29 is 19.1 Å². The van der Waals surface area contributed by atoms with Gasteiger partial charge in [-0.25, -0.2) is 4.79 Å². The van der Waals surface area contributed by atoms with E-state index in [1.165, 1.54) is 20.0 Å². The molecule has 0 N–H and O–H groups in total. The third-order valence-electron chi connectivity index (χ3n) is 4.11. The van der Waals surface area contributed by atoms with E-state index in [0.29, 0.717) is 18.6 Å². The number of rotatable bonds is 10. The highest BCUT2D eigenvalue weighted by atomic mass is 16.5. The molecule has 0 aromatic heterocycles. The van der Waals surface area contributed by atoms with Crippen molar-refractivity contribution in [2.75, 3.05) is 13.7 Å². The zero-order chi connectivity index (χ0) is 16.8. The highest BCUT2D eigenvalue weighted by molar-refractivity contribution is 5.88. The Hall–Kier alpha value is -1.34. The summed E-state index contributed by atoms with van der Waals surface area (Å²) in [6.45, 7) is 0.821. The van der Waals surface area contributed by atoms with Crippen LogP contribution in [-0.2, 0) is 19.1 Å². The molecule has 1 atom stereocenters. The van der Waals surface area contributed by atoms with E-state index in [1.54, 1.807) is 0 Å². The van der Waals surface area contributed by atoms with Gasteiger partial charge in [0.25, 0.3) is 0 Å². The van der Waals surface area contributed by atoms with E-state index < -0.39 is 5.97 Å². The van der Waals surface area contributed by atoms with Crippen LogP contribution in [0.2, 0.25) is 0 Å². The largest absolute Gasteiger partial charge is 0.459 e. The molecule has 0 radical (unpaired) electrons. The SMILES string of the molecule is COC(=O)C#CCCCCCCCCC(=O)CC1CCCCO1. The minimum atomic E-state index is -0.465. The lowest BCUT2D eigenvalue weighted by atomic mass is 10.0. The molecule has 4 nitrogen and oxygen atoms in total. The van der Waals surface area contributed by atoms with Crippen molar-refractivity contribution >= 4 is 11.8 Å². The van der Waals surface area contributed by atoms with E-state index in [9.17, 15) is 9.59 Å². The zero-order valence-corrected chi connectivity index (χ0v) is 14.4. The van der Waals surface area contributed by atoms with Crippen molar-refractivity contribution in [1.82, 2.24) is 0 Å². The number of ether oxygens (including phenoxy) is 2. The Labute approximate surface area is 140 Å². The van der Waals surface area contributed by atoms with E-state index in [4.69, 9.17) is 4.74 Å². The molecule has 0 bridgehead atoms. The molecule has 1 saturated heterocycles. The first kappa shape index (κ1) is 19.7. The van der Waals surface area contributed by atoms with Crippen LogP contribution in [0.4, 0.5) is 0 Å². The van der Waals surface area contributed by atoms with Crippen LogP contribution in [0.15, 0.2) is 0 Å². The third kappa shape index (κ3) is 10.9. The first-order valence-electron chi connectivity index (χ1n) is 8.92. The van der Waals surface area contributed by atoms with Gasteiger partial charge in [0.05, 0.1) is 13.2 Å². The molecule has 0 spiro atoms. The molecule has 0 aromatic rings. The van der Waals surface area contributed by atoms with E-state index in [2.05, 4.69) is 16.6 Å². The highest BCUT2D eigenvalue weighted by Crippen LogP contribution is 2.17. The topological polar surface area (TPSA) is 52.6 Å². The smallest absolute Gasteiger partial charge is 0.384 e. The second-order valence-electron chi connectivity index (χ2n) is 6.15. The highest BCUT2D eigenvalue weighted by Gasteiger charge is 2.16. The molecule has 1 heterocycles. The summed E-state index contributed by atoms with van der Waals surface area (Å²) in [7, 11) is 1.34. The van der Waals surface area contributed by atoms with E-state index in [-0.39, 0.29) is 6.10 Å². The second kappa shape index (κ2) is 13.1. The van der Waals surface area contributed by atoms with Crippen molar-refractivity contribution in [2.45, 2.75) is 83.2 Å². The number of Topliss-reactive ketones (excluding diaryl/α,β-unsaturated/α-hetero) is 1. The van der Waals surface area contributed by atoms with Crippen molar-refractivity contribution in [3.8, 4) is 11.8 Å². The number of hydrogen-bond donors (Lipinski definition) is 0. The lowest BCUT2D eigenvalue weighted by Crippen LogP contribution is -2.22. The number of carbonyl (C=O) groups is 2. The van der Waals surface area contributed by atoms with Gasteiger partial charge in [-0.05, 0) is 32.1 Å². The van der Waals surface area contributed by atoms with E-state index in [1.807, 2.05) is 0 Å². The quantitative estimate of drug-likeness (QED) is 0.266. The van der Waals surface area contributed by atoms with Crippen molar-refractivity contribution in [1.29, 1.82) is 0 Å². The molecule has 0 amide bonds. The monoisotopic (exact) mass is 322 g/mol. The van der Waals surface area contributed by atoms with Crippen LogP contribution in [0.3, 0.4) is 0 Å². The van der Waals surface area contributed by atoms with Gasteiger partial charge in [0.1, 0.15) is 5.78 Å². The molecule has 0 aromatic carbocycles. The van der Waals surface area contributed by atoms with Gasteiger partial charge in [-0.15, -0.1) is 0 Å². The maximum Gasteiger partial charge on any atom is 0.384 e. The third-order valence-corrected chi connectivity index (χ3v) is 4.11. The molecular formula is C19H30O4. The molecular weight excluding hydrogens is 292 g/mol. The van der Waals surface area contributed by atoms with Crippen LogP contribution in [0.25, 0.3) is 0 Å². The van der Waals surface area contributed by atoms with Gasteiger partial charge < -0.3 is 9.47 Å². The average Bonchev–Trinajstić information content (AvgIpc) is 2.57. The van der Waals surface area contributed by atoms with Crippen LogP contribution in [0.1, 0.15) is 77.0 Å². The number of hydrogen-bond acceptors (Lipinski definition) is 4. The predicted octanol–water partition coefficient (Wildman–Crippen LogP) is 3.81. The molecule has 23 heavy (non-hydrogen) atoms. The average molecular weight is 322 g/mol. The van der Waals surface area contributed by atoms with Crippen molar-refractivity contribution in [3.05, 3.63) is 0 Å². The minimum Gasteiger partial charge on any atom is -0.459 e. The summed E-state index contributed by atoms with van der Waals surface area (Å²) in [6.07, 6.45) is 12.2. The fourth-order valence-electron chi connectivity index (χ4n) is 2.75. The van der Waals surface area contributed by atoms with E-state index in [0.717, 1.165) is 58.0 Å². The van der Waals surface area contributed by atoms with Gasteiger partial charge in [0, 0.05) is 31.8 Å². The molecule has 1 rings (SSSR count). The van der Waals surface area contributed by atoms with Crippen LogP contribution in [-0.4, -0.2) is 31.6 Å². The minimum absolute atomic E-state index is 0.183. The summed E-state index contributed by atoms with van der Waals surface area (Å²) in [5.74, 6) is 5.13. The van der Waals surface area contributed by atoms with Crippen LogP contribution >= 0.6 is 0 Å². The molecule has 130 valence electrons. The van der Waals surface area contributed by atoms with Gasteiger partial charge in [-0.2, -0.15) is 0 Å². The molecule has 4 heteroatoms. The maximum absolute atomic E-state index is 11.9. The summed E-state index contributed by atoms with van der Waals surface area (Å²) < 4.78 is 10.0. The lowest BCUT2D eigenvalue weighted by molar-refractivity contribution is -0.133. The summed E-state index contributed by atoms with van der Waals surface area (Å²) in [5.41, 5.74) is 0. The fourth-order valence-corrected chi connectivity index (χ4v) is 2.75. The predicted molar refractivity (Wildman–Crippen MR) is 89.9 cm³/mol. The normalized spacial score (nSPS) is 17.2. The number of ketones is 1. The van der Waals surface area contributed by atoms with E-state index >= 15 is 0 Å². The number of esters is 1. The summed E-state index contributed by atoms with van der Waals surface area (Å²) in [5, 5.41) is 0. The number of methoxy groups -OCH3 is 1. The van der Waals surface area contributed by atoms with Gasteiger partial charge in [-0.1, -0.05) is 31.6 Å². The summed E-state index contributed by atoms with van der Waals surface area (Å²) >= 11 is 0. The Bertz CT molecular complexity index is 399. The standard InChI is InChI=1S/C19H30O4/c1-22-19(21)14-9-7-5-3-2-4-6-8-12-17(20)16-18-13-10-11-15-23-18/h18H,2-8,10-13,15-16H2,1H3. The number of unbranched alkanes of at least 4 members (excludes halogenated alkanes) is 6. The Balaban J connectivity index is 1.87. The van der Waals surface area contributed by atoms with Gasteiger partial charge in [0.2, 0.25) is 0 Å². The first-order valence-corrected chi connectivity index (χ1v) is 8.92. The van der Waals surface area contributed by atoms with Gasteiger partial charge in [0.15, 0.2) is 0 Å². The van der Waals surface area contributed by atoms with Gasteiger partial charge in [-0.3, -0.25) is 4.79 Å². The molecule has 1 aliphatic rings. The molecule has 0 saturated carbocycles. The van der Waals surface area contributed by atoms with Crippen LogP contribution < -0.4 is 0 Å². The fraction of sp³-hybridized carbons (Fsp3) is 0.789. The molecule has 1 aliphatic heterocycles. The van der Waals surface area contributed by atoms with Gasteiger partial charge >= 0.3 is 5.97 Å². The van der Waals surface area contributed by atoms with Crippen LogP contribution in [0, 0.1) is 11.8 Å². The maximum atomic E-state index is 11.9. The second-order valence-corrected chi connectivity index (χ2v) is 6.15. The Morgan fingerprint density at radius 1 is 1.09 bits per heavy atom. The Morgan fingerprint density at radius 3 is 2.52 bits per heavy atom. The number of carbonyl (C=O) groups excluding carboxylic acids is 2.